The molecule has 0 aliphatic rings. The van der Waals surface area contributed by atoms with Crippen molar-refractivity contribution < 1.29 is 27.9 Å². The van der Waals surface area contributed by atoms with E-state index in [1.54, 1.807) is 24.3 Å². The number of hydrogen-bond acceptors (Lipinski definition) is 8. The van der Waals surface area contributed by atoms with E-state index in [0.29, 0.717) is 22.8 Å². The normalized spacial score (nSPS) is 12.2. The molecule has 0 spiro atoms. The van der Waals surface area contributed by atoms with Crippen molar-refractivity contribution in [3.8, 4) is 0 Å². The molecule has 2 aromatic rings. The number of hydrogen-bond donors (Lipinski definition) is 4. The van der Waals surface area contributed by atoms with Crippen LogP contribution in [-0.2, 0) is 30.8 Å². The van der Waals surface area contributed by atoms with Crippen LogP contribution in [0.1, 0.15) is 25.0 Å². The van der Waals surface area contributed by atoms with Crippen LogP contribution in [0.25, 0.3) is 0 Å². The lowest BCUT2D eigenvalue weighted by molar-refractivity contribution is -0.149. The predicted molar refractivity (Wildman–Crippen MR) is 115 cm³/mol. The van der Waals surface area contributed by atoms with Crippen molar-refractivity contribution >= 4 is 33.6 Å². The van der Waals surface area contributed by atoms with Gasteiger partial charge in [-0.25, -0.2) is 13.4 Å². The van der Waals surface area contributed by atoms with E-state index < -0.39 is 46.9 Å². The lowest BCUT2D eigenvalue weighted by atomic mass is 10.1. The van der Waals surface area contributed by atoms with Gasteiger partial charge in [0.1, 0.15) is 12.0 Å². The van der Waals surface area contributed by atoms with Crippen molar-refractivity contribution in [3.63, 3.8) is 0 Å². The first kappa shape index (κ1) is 24.9. The summed E-state index contributed by atoms with van der Waals surface area (Å²) in [5.74, 6) is -2.74. The van der Waals surface area contributed by atoms with Gasteiger partial charge >= 0.3 is 5.97 Å². The number of nitrogens with one attached hydrogen (secondary N) is 1. The summed E-state index contributed by atoms with van der Waals surface area (Å²) in [7, 11) is -4.22. The van der Waals surface area contributed by atoms with Gasteiger partial charge in [-0.2, -0.15) is 4.72 Å². The molecule has 0 aliphatic heterocycles. The number of imide groups is 1. The highest BCUT2D eigenvalue weighted by Crippen LogP contribution is 2.14. The molecule has 12 heteroatoms. The number of nitrogens with two attached hydrogens (primary N) is 2. The first-order chi connectivity index (χ1) is 15.1. The van der Waals surface area contributed by atoms with Crippen molar-refractivity contribution in [2.24, 2.45) is 5.73 Å². The lowest BCUT2D eigenvalue weighted by Crippen LogP contribution is -2.55. The fourth-order valence-corrected chi connectivity index (χ4v) is 4.16. The quantitative estimate of drug-likeness (QED) is 0.335. The van der Waals surface area contributed by atoms with Crippen LogP contribution < -0.4 is 16.2 Å². The van der Waals surface area contributed by atoms with E-state index in [-0.39, 0.29) is 17.7 Å². The van der Waals surface area contributed by atoms with Gasteiger partial charge in [0.05, 0.1) is 17.9 Å². The van der Waals surface area contributed by atoms with E-state index in [0.717, 1.165) is 0 Å². The summed E-state index contributed by atoms with van der Waals surface area (Å²) < 4.78 is 27.5. The second-order valence-electron chi connectivity index (χ2n) is 6.82. The average Bonchev–Trinajstić information content (AvgIpc) is 2.73. The van der Waals surface area contributed by atoms with Gasteiger partial charge in [0.15, 0.2) is 0 Å². The Morgan fingerprint density at radius 3 is 2.34 bits per heavy atom. The van der Waals surface area contributed by atoms with E-state index >= 15 is 0 Å². The second kappa shape index (κ2) is 11.3. The third kappa shape index (κ3) is 7.11. The Kier molecular flexibility index (Phi) is 8.81. The van der Waals surface area contributed by atoms with E-state index in [1.165, 1.54) is 24.3 Å². The maximum atomic E-state index is 12.8. The van der Waals surface area contributed by atoms with Gasteiger partial charge in [0.2, 0.25) is 21.8 Å². The van der Waals surface area contributed by atoms with Crippen LogP contribution in [0, 0.1) is 0 Å². The van der Waals surface area contributed by atoms with Crippen molar-refractivity contribution in [2.75, 3.05) is 12.3 Å². The summed E-state index contributed by atoms with van der Waals surface area (Å²) in [4.78, 5) is 41.1. The maximum Gasteiger partial charge on any atom is 0.306 e. The molecular formula is C20H25N5O6S. The van der Waals surface area contributed by atoms with Crippen molar-refractivity contribution in [3.05, 3.63) is 54.2 Å². The second-order valence-corrected chi connectivity index (χ2v) is 8.53. The summed E-state index contributed by atoms with van der Waals surface area (Å²) >= 11 is 0. The summed E-state index contributed by atoms with van der Waals surface area (Å²) in [6, 6.07) is 12.2. The van der Waals surface area contributed by atoms with Crippen molar-refractivity contribution in [1.29, 1.82) is 0 Å². The standard InChI is InChI=1S/C20H25N5O6S/c21-13-19(27)25(18(26)11-5-7-14-6-4-10-16(22)23-14)17(12-20(28)29)24-32(30,31)15-8-2-1-3-9-15/h1-4,6,8-10,17,24H,5,7,11-13,21H2,(H2,22,23)(H,28,29)/t17-/m1/s1. The number of carbonyl (C=O) groups is 3. The molecule has 6 N–H and O–H groups in total. The summed E-state index contributed by atoms with van der Waals surface area (Å²) in [5.41, 5.74) is 11.7. The molecule has 0 fully saturated rings. The maximum absolute atomic E-state index is 12.8. The zero-order valence-electron chi connectivity index (χ0n) is 17.2. The van der Waals surface area contributed by atoms with Gasteiger partial charge in [0, 0.05) is 12.1 Å². The number of rotatable bonds is 11. The number of nitrogen functional groups attached to an aromatic ring is 1. The van der Waals surface area contributed by atoms with Gasteiger partial charge in [-0.15, -0.1) is 0 Å². The minimum atomic E-state index is -4.22. The van der Waals surface area contributed by atoms with Crippen LogP contribution in [0.2, 0.25) is 0 Å². The Bertz CT molecular complexity index is 1060. The molecule has 2 amide bonds. The van der Waals surface area contributed by atoms with Gasteiger partial charge in [-0.1, -0.05) is 24.3 Å². The van der Waals surface area contributed by atoms with E-state index in [9.17, 15) is 27.9 Å². The third-order valence-electron chi connectivity index (χ3n) is 4.39. The number of amides is 2. The number of aliphatic carboxylic acids is 1. The fraction of sp³-hybridized carbons (Fsp3) is 0.300. The van der Waals surface area contributed by atoms with Gasteiger partial charge in [0.25, 0.3) is 0 Å². The molecule has 1 heterocycles. The molecule has 0 radical (unpaired) electrons. The Labute approximate surface area is 185 Å². The summed E-state index contributed by atoms with van der Waals surface area (Å²) in [6.07, 6.45) is -1.99. The highest BCUT2D eigenvalue weighted by Gasteiger charge is 2.33. The third-order valence-corrected chi connectivity index (χ3v) is 5.86. The number of anilines is 1. The number of pyridine rings is 1. The van der Waals surface area contributed by atoms with Crippen LogP contribution >= 0.6 is 0 Å². The van der Waals surface area contributed by atoms with Gasteiger partial charge < -0.3 is 16.6 Å². The van der Waals surface area contributed by atoms with Crippen molar-refractivity contribution in [1.82, 2.24) is 14.6 Å². The number of carbonyl (C=O) groups excluding carboxylic acids is 2. The minimum absolute atomic E-state index is 0.143. The average molecular weight is 464 g/mol. The van der Waals surface area contributed by atoms with E-state index in [4.69, 9.17) is 11.5 Å². The molecule has 2 rings (SSSR count). The molecule has 32 heavy (non-hydrogen) atoms. The van der Waals surface area contributed by atoms with Crippen LogP contribution in [0.4, 0.5) is 5.82 Å². The smallest absolute Gasteiger partial charge is 0.306 e. The first-order valence-corrected chi connectivity index (χ1v) is 11.2. The van der Waals surface area contributed by atoms with E-state index in [2.05, 4.69) is 9.71 Å². The predicted octanol–water partition coefficient (Wildman–Crippen LogP) is 0.0797. The fourth-order valence-electron chi connectivity index (χ4n) is 2.96. The first-order valence-electron chi connectivity index (χ1n) is 9.69. The Morgan fingerprint density at radius 2 is 1.75 bits per heavy atom. The Hall–Kier alpha value is -3.35. The number of aromatic nitrogens is 1. The highest BCUT2D eigenvalue weighted by molar-refractivity contribution is 7.89. The molecule has 0 unspecified atom stereocenters. The summed E-state index contributed by atoms with van der Waals surface area (Å²) in [6.45, 7) is -0.605. The minimum Gasteiger partial charge on any atom is -0.481 e. The monoisotopic (exact) mass is 463 g/mol. The molecule has 0 saturated carbocycles. The zero-order chi connectivity index (χ0) is 23.7. The molecule has 0 bridgehead atoms. The molecule has 11 nitrogen and oxygen atoms in total. The van der Waals surface area contributed by atoms with Gasteiger partial charge in [-0.3, -0.25) is 19.3 Å². The number of nitrogens with zero attached hydrogens (tertiary/aromatic N) is 2. The largest absolute Gasteiger partial charge is 0.481 e. The van der Waals surface area contributed by atoms with Crippen LogP contribution in [0.15, 0.2) is 53.4 Å². The number of carboxylic acids is 1. The molecular weight excluding hydrogens is 438 g/mol. The molecule has 172 valence electrons. The molecule has 0 saturated heterocycles. The van der Waals surface area contributed by atoms with Gasteiger partial charge in [-0.05, 0) is 37.1 Å². The Morgan fingerprint density at radius 1 is 1.06 bits per heavy atom. The number of sulfonamides is 1. The molecule has 1 atom stereocenters. The van der Waals surface area contributed by atoms with Crippen LogP contribution in [0.3, 0.4) is 0 Å². The highest BCUT2D eigenvalue weighted by atomic mass is 32.2. The van der Waals surface area contributed by atoms with E-state index in [1.807, 2.05) is 0 Å². The Balaban J connectivity index is 2.21. The number of aryl methyl sites for hydroxylation is 1. The molecule has 0 aliphatic carbocycles. The van der Waals surface area contributed by atoms with Crippen LogP contribution in [-0.4, -0.2) is 53.9 Å². The number of carboxylic acid groups (broad SMARTS) is 1. The summed E-state index contributed by atoms with van der Waals surface area (Å²) in [5, 5.41) is 9.25. The lowest BCUT2D eigenvalue weighted by Gasteiger charge is -2.29. The van der Waals surface area contributed by atoms with Crippen molar-refractivity contribution in [2.45, 2.75) is 36.7 Å². The zero-order valence-corrected chi connectivity index (χ0v) is 18.0. The van der Waals surface area contributed by atoms with Crippen LogP contribution in [0.5, 0.6) is 0 Å². The SMILES string of the molecule is NCC(=O)N(C(=O)CCCc1cccc(N)n1)[C@H](CC(=O)O)NS(=O)(=O)c1ccccc1. The number of benzene rings is 1. The molecule has 1 aromatic carbocycles. The topological polar surface area (TPSA) is 186 Å². The molecule has 1 aromatic heterocycles.